The summed E-state index contributed by atoms with van der Waals surface area (Å²) in [6.07, 6.45) is 4.04. The Morgan fingerprint density at radius 1 is 0.714 bits per heavy atom. The molecule has 8 rings (SSSR count). The van der Waals surface area contributed by atoms with E-state index in [0.29, 0.717) is 6.54 Å². The highest BCUT2D eigenvalue weighted by atomic mass is 32.1. The molecular formula is C41H32N6OS. The lowest BCUT2D eigenvalue weighted by molar-refractivity contribution is -0.119. The highest BCUT2D eigenvalue weighted by molar-refractivity contribution is 7.07. The predicted molar refractivity (Wildman–Crippen MR) is 195 cm³/mol. The minimum absolute atomic E-state index is 0.0720. The Labute approximate surface area is 288 Å². The first kappa shape index (κ1) is 30.2. The van der Waals surface area contributed by atoms with Gasteiger partial charge in [-0.25, -0.2) is 9.67 Å². The van der Waals surface area contributed by atoms with Crippen LogP contribution in [0.3, 0.4) is 0 Å². The van der Waals surface area contributed by atoms with Gasteiger partial charge < -0.3 is 9.47 Å². The zero-order valence-electron chi connectivity index (χ0n) is 26.6. The van der Waals surface area contributed by atoms with Crippen LogP contribution in [-0.4, -0.2) is 30.5 Å². The van der Waals surface area contributed by atoms with Gasteiger partial charge in [0.05, 0.1) is 24.1 Å². The summed E-state index contributed by atoms with van der Waals surface area (Å²) in [6.45, 7) is 0.536. The van der Waals surface area contributed by atoms with Gasteiger partial charge in [-0.3, -0.25) is 4.79 Å². The number of fused-ring (bicyclic) bond motifs is 1. The Kier molecular flexibility index (Phi) is 8.13. The maximum absolute atomic E-state index is 13.9. The van der Waals surface area contributed by atoms with E-state index in [1.54, 1.807) is 16.0 Å². The first-order chi connectivity index (χ1) is 24.2. The van der Waals surface area contributed by atoms with Crippen LogP contribution in [0, 0.1) is 0 Å². The summed E-state index contributed by atoms with van der Waals surface area (Å²) in [6, 6.07) is 49.5. The van der Waals surface area contributed by atoms with Gasteiger partial charge in [0.2, 0.25) is 5.91 Å². The maximum Gasteiger partial charge on any atom is 0.249 e. The van der Waals surface area contributed by atoms with Crippen LogP contribution in [0.2, 0.25) is 0 Å². The Hall–Kier alpha value is -6.12. The van der Waals surface area contributed by atoms with Gasteiger partial charge in [0, 0.05) is 17.4 Å². The van der Waals surface area contributed by atoms with E-state index >= 15 is 0 Å². The Balaban J connectivity index is 1.15. The molecule has 7 nitrogen and oxygen atoms in total. The molecule has 0 aliphatic carbocycles. The van der Waals surface area contributed by atoms with Gasteiger partial charge in [0.15, 0.2) is 0 Å². The Morgan fingerprint density at radius 3 is 1.94 bits per heavy atom. The average molecular weight is 657 g/mol. The van der Waals surface area contributed by atoms with Crippen molar-refractivity contribution >= 4 is 34.0 Å². The summed E-state index contributed by atoms with van der Waals surface area (Å²) in [5.41, 5.74) is 8.01. The summed E-state index contributed by atoms with van der Waals surface area (Å²) < 4.78 is 3.88. The Bertz CT molecular complexity index is 2200. The molecule has 0 fully saturated rings. The molecule has 238 valence electrons. The maximum atomic E-state index is 13.9. The van der Waals surface area contributed by atoms with E-state index in [-0.39, 0.29) is 12.5 Å². The number of anilines is 1. The minimum atomic E-state index is -0.649. The molecule has 0 saturated carbocycles. The summed E-state index contributed by atoms with van der Waals surface area (Å²) in [4.78, 5) is 20.6. The third-order valence-electron chi connectivity index (χ3n) is 8.95. The number of imidazole rings is 1. The highest BCUT2D eigenvalue weighted by Crippen LogP contribution is 2.41. The van der Waals surface area contributed by atoms with Gasteiger partial charge in [-0.05, 0) is 63.3 Å². The quantitative estimate of drug-likeness (QED) is 0.139. The van der Waals surface area contributed by atoms with Gasteiger partial charge in [-0.15, -0.1) is 5.10 Å². The van der Waals surface area contributed by atoms with Crippen LogP contribution in [0.4, 0.5) is 5.69 Å². The molecule has 0 radical (unpaired) electrons. The van der Waals surface area contributed by atoms with Crippen LogP contribution in [0.15, 0.2) is 169 Å². The zero-order valence-corrected chi connectivity index (χ0v) is 27.4. The molecule has 8 heteroatoms. The van der Waals surface area contributed by atoms with Crippen molar-refractivity contribution in [1.82, 2.24) is 24.5 Å². The van der Waals surface area contributed by atoms with Crippen molar-refractivity contribution in [3.8, 4) is 11.3 Å². The zero-order chi connectivity index (χ0) is 33.0. The third-order valence-corrected chi connectivity index (χ3v) is 9.68. The number of thiophene rings is 1. The molecule has 0 aliphatic heterocycles. The fourth-order valence-electron chi connectivity index (χ4n) is 6.59. The number of benzene rings is 5. The lowest BCUT2D eigenvalue weighted by Crippen LogP contribution is -2.36. The summed E-state index contributed by atoms with van der Waals surface area (Å²) >= 11 is 1.62. The van der Waals surface area contributed by atoms with Gasteiger partial charge in [-0.1, -0.05) is 120 Å². The predicted octanol–water partition coefficient (Wildman–Crippen LogP) is 8.43. The van der Waals surface area contributed by atoms with E-state index in [1.165, 1.54) is 0 Å². The van der Waals surface area contributed by atoms with E-state index in [1.807, 2.05) is 83.3 Å². The number of amides is 1. The number of aromatic nitrogens is 5. The molecule has 1 amide bonds. The molecule has 0 N–H and O–H groups in total. The molecule has 0 saturated heterocycles. The van der Waals surface area contributed by atoms with Gasteiger partial charge in [0.1, 0.15) is 17.6 Å². The van der Waals surface area contributed by atoms with Crippen LogP contribution >= 0.6 is 11.3 Å². The molecular weight excluding hydrogens is 625 g/mol. The molecule has 0 spiro atoms. The van der Waals surface area contributed by atoms with Crippen molar-refractivity contribution in [2.24, 2.45) is 0 Å². The molecule has 0 bridgehead atoms. The standard InChI is InChI=1S/C41H32N6OS/c48-40(28-47-39-19-11-10-18-37(39)43-44-47)46(26-31-24-25-49-29-31)36-22-20-32(21-23-36)38-27-45(30-42-38)41(33-12-4-1-5-13-33,34-14-6-2-7-15-34)35-16-8-3-9-17-35/h1-25,27,29-30H,26,28H2. The molecule has 8 aromatic rings. The first-order valence-electron chi connectivity index (χ1n) is 16.1. The minimum Gasteiger partial charge on any atom is -0.318 e. The fourth-order valence-corrected chi connectivity index (χ4v) is 7.25. The number of hydrogen-bond acceptors (Lipinski definition) is 5. The summed E-state index contributed by atoms with van der Waals surface area (Å²) in [5, 5.41) is 12.6. The van der Waals surface area contributed by atoms with Crippen LogP contribution in [0.5, 0.6) is 0 Å². The van der Waals surface area contributed by atoms with E-state index in [0.717, 1.165) is 50.2 Å². The van der Waals surface area contributed by atoms with Crippen molar-refractivity contribution in [2.75, 3.05) is 4.90 Å². The Morgan fingerprint density at radius 2 is 1.33 bits per heavy atom. The van der Waals surface area contributed by atoms with Crippen molar-refractivity contribution < 1.29 is 4.79 Å². The van der Waals surface area contributed by atoms with E-state index < -0.39 is 5.54 Å². The van der Waals surface area contributed by atoms with Crippen LogP contribution in [0.1, 0.15) is 22.3 Å². The molecule has 5 aromatic carbocycles. The lowest BCUT2D eigenvalue weighted by Gasteiger charge is -2.37. The van der Waals surface area contributed by atoms with Crippen LogP contribution in [-0.2, 0) is 23.4 Å². The van der Waals surface area contributed by atoms with Crippen LogP contribution < -0.4 is 4.90 Å². The smallest absolute Gasteiger partial charge is 0.249 e. The number of nitrogens with zero attached hydrogens (tertiary/aromatic N) is 6. The fraction of sp³-hybridized carbons (Fsp3) is 0.0732. The van der Waals surface area contributed by atoms with Crippen LogP contribution in [0.25, 0.3) is 22.3 Å². The van der Waals surface area contributed by atoms with Gasteiger partial charge in [0.25, 0.3) is 0 Å². The molecule has 3 aromatic heterocycles. The number of carbonyl (C=O) groups excluding carboxylic acids is 1. The number of rotatable bonds is 10. The lowest BCUT2D eigenvalue weighted by atomic mass is 9.77. The molecule has 49 heavy (non-hydrogen) atoms. The second-order valence-corrected chi connectivity index (χ2v) is 12.6. The summed E-state index contributed by atoms with van der Waals surface area (Å²) in [7, 11) is 0. The molecule has 0 atom stereocenters. The van der Waals surface area contributed by atoms with Gasteiger partial charge in [-0.2, -0.15) is 11.3 Å². The van der Waals surface area contributed by atoms with Crippen molar-refractivity contribution in [3.63, 3.8) is 0 Å². The van der Waals surface area contributed by atoms with E-state index in [9.17, 15) is 4.79 Å². The second kappa shape index (κ2) is 13.2. The van der Waals surface area contributed by atoms with Crippen molar-refractivity contribution in [1.29, 1.82) is 0 Å². The van der Waals surface area contributed by atoms with E-state index in [4.69, 9.17) is 4.98 Å². The second-order valence-electron chi connectivity index (χ2n) is 11.9. The molecule has 0 aliphatic rings. The monoisotopic (exact) mass is 656 g/mol. The number of para-hydroxylation sites is 1. The number of hydrogen-bond donors (Lipinski definition) is 0. The SMILES string of the molecule is O=C(Cn1nnc2ccccc21)N(Cc1ccsc1)c1ccc(-c2cn(C(c3ccccc3)(c3ccccc3)c3ccccc3)cn2)cc1. The average Bonchev–Trinajstić information content (AvgIpc) is 3.96. The summed E-state index contributed by atoms with van der Waals surface area (Å²) in [5.74, 6) is -0.0720. The topological polar surface area (TPSA) is 68.8 Å². The van der Waals surface area contributed by atoms with Crippen molar-refractivity contribution in [2.45, 2.75) is 18.6 Å². The normalized spacial score (nSPS) is 11.5. The third kappa shape index (κ3) is 5.72. The van der Waals surface area contributed by atoms with Crippen molar-refractivity contribution in [3.05, 3.63) is 191 Å². The van der Waals surface area contributed by atoms with E-state index in [2.05, 4.69) is 105 Å². The molecule has 0 unspecified atom stereocenters. The first-order valence-corrected chi connectivity index (χ1v) is 17.1. The largest absolute Gasteiger partial charge is 0.318 e. The highest BCUT2D eigenvalue weighted by Gasteiger charge is 2.38. The number of carbonyl (C=O) groups is 1. The van der Waals surface area contributed by atoms with Gasteiger partial charge >= 0.3 is 0 Å². The molecule has 3 heterocycles.